The van der Waals surface area contributed by atoms with Crippen LogP contribution in [0.15, 0.2) is 24.5 Å². The maximum atomic E-state index is 13.4. The second-order valence-corrected chi connectivity index (χ2v) is 4.50. The van der Waals surface area contributed by atoms with E-state index in [9.17, 15) is 13.6 Å². The zero-order valence-electron chi connectivity index (χ0n) is 11.1. The molecule has 2 rings (SSSR count). The van der Waals surface area contributed by atoms with E-state index in [1.807, 2.05) is 0 Å². The van der Waals surface area contributed by atoms with Crippen molar-refractivity contribution in [3.05, 3.63) is 47.5 Å². The first-order chi connectivity index (χ1) is 9.47. The summed E-state index contributed by atoms with van der Waals surface area (Å²) in [5.74, 6) is -1.17. The van der Waals surface area contributed by atoms with Gasteiger partial charge in [-0.1, -0.05) is 6.07 Å². The summed E-state index contributed by atoms with van der Waals surface area (Å²) in [7, 11) is 1.76. The topological polar surface area (TPSA) is 59.8 Å². The molecule has 0 fully saturated rings. The summed E-state index contributed by atoms with van der Waals surface area (Å²) in [5.41, 5.74) is 0.147. The van der Waals surface area contributed by atoms with Crippen LogP contribution < -0.4 is 5.32 Å². The van der Waals surface area contributed by atoms with E-state index in [1.165, 1.54) is 12.4 Å². The van der Waals surface area contributed by atoms with Gasteiger partial charge in [0, 0.05) is 13.1 Å². The standard InChI is InChI=1S/C13H14F2N4O/c1-8(13-18-16-7-19(13)2)17-12(20)5-9-3-4-10(14)6-11(9)15/h3-4,6-8H,5H2,1-2H3,(H,17,20)/t8-/m1/s1. The highest BCUT2D eigenvalue weighted by atomic mass is 19.1. The van der Waals surface area contributed by atoms with Crippen LogP contribution in [0.3, 0.4) is 0 Å². The number of nitrogens with zero attached hydrogens (tertiary/aromatic N) is 3. The van der Waals surface area contributed by atoms with Gasteiger partial charge in [-0.05, 0) is 18.6 Å². The monoisotopic (exact) mass is 280 g/mol. The molecule has 0 unspecified atom stereocenters. The van der Waals surface area contributed by atoms with Crippen molar-refractivity contribution in [2.24, 2.45) is 7.05 Å². The number of hydrogen-bond donors (Lipinski definition) is 1. The van der Waals surface area contributed by atoms with Crippen LogP contribution in [0.5, 0.6) is 0 Å². The van der Waals surface area contributed by atoms with Crippen LogP contribution in [0.1, 0.15) is 24.4 Å². The quantitative estimate of drug-likeness (QED) is 0.923. The number of hydrogen-bond acceptors (Lipinski definition) is 3. The van der Waals surface area contributed by atoms with Crippen molar-refractivity contribution in [1.82, 2.24) is 20.1 Å². The molecule has 1 atom stereocenters. The van der Waals surface area contributed by atoms with Gasteiger partial charge in [-0.25, -0.2) is 8.78 Å². The maximum Gasteiger partial charge on any atom is 0.225 e. The number of aromatic nitrogens is 3. The summed E-state index contributed by atoms with van der Waals surface area (Å²) in [6.07, 6.45) is 1.37. The van der Waals surface area contributed by atoms with Crippen LogP contribution in [0, 0.1) is 11.6 Å². The molecule has 0 radical (unpaired) electrons. The average molecular weight is 280 g/mol. The lowest BCUT2D eigenvalue weighted by Gasteiger charge is -2.13. The highest BCUT2D eigenvalue weighted by Gasteiger charge is 2.15. The third kappa shape index (κ3) is 3.17. The van der Waals surface area contributed by atoms with Crippen molar-refractivity contribution in [3.63, 3.8) is 0 Å². The number of aryl methyl sites for hydroxylation is 1. The third-order valence-electron chi connectivity index (χ3n) is 2.88. The molecule has 20 heavy (non-hydrogen) atoms. The van der Waals surface area contributed by atoms with Gasteiger partial charge < -0.3 is 9.88 Å². The van der Waals surface area contributed by atoms with Crippen molar-refractivity contribution >= 4 is 5.91 Å². The Labute approximate surface area is 114 Å². The first-order valence-corrected chi connectivity index (χ1v) is 6.04. The number of nitrogens with one attached hydrogen (secondary N) is 1. The Balaban J connectivity index is 2.01. The molecule has 1 aromatic carbocycles. The molecule has 0 saturated carbocycles. The minimum atomic E-state index is -0.730. The Hall–Kier alpha value is -2.31. The van der Waals surface area contributed by atoms with Crippen molar-refractivity contribution in [2.45, 2.75) is 19.4 Å². The van der Waals surface area contributed by atoms with Crippen LogP contribution in [-0.2, 0) is 18.3 Å². The molecular weight excluding hydrogens is 266 g/mol. The summed E-state index contributed by atoms with van der Waals surface area (Å²) >= 11 is 0. The molecule has 1 amide bonds. The third-order valence-corrected chi connectivity index (χ3v) is 2.88. The molecule has 2 aromatic rings. The minimum Gasteiger partial charge on any atom is -0.346 e. The summed E-state index contributed by atoms with van der Waals surface area (Å²) in [6.45, 7) is 1.75. The molecule has 1 N–H and O–H groups in total. The van der Waals surface area contributed by atoms with Gasteiger partial charge >= 0.3 is 0 Å². The molecule has 106 valence electrons. The van der Waals surface area contributed by atoms with E-state index in [-0.39, 0.29) is 23.9 Å². The average Bonchev–Trinajstić information content (AvgIpc) is 2.79. The van der Waals surface area contributed by atoms with Gasteiger partial charge in [0.25, 0.3) is 0 Å². The molecule has 1 aromatic heterocycles. The molecule has 0 spiro atoms. The molecule has 1 heterocycles. The summed E-state index contributed by atoms with van der Waals surface area (Å²) in [5, 5.41) is 10.3. The lowest BCUT2D eigenvalue weighted by atomic mass is 10.1. The van der Waals surface area contributed by atoms with E-state index in [0.29, 0.717) is 5.82 Å². The lowest BCUT2D eigenvalue weighted by molar-refractivity contribution is -0.121. The fourth-order valence-corrected chi connectivity index (χ4v) is 1.88. The highest BCUT2D eigenvalue weighted by molar-refractivity contribution is 5.78. The summed E-state index contributed by atoms with van der Waals surface area (Å²) in [4.78, 5) is 11.8. The molecule has 5 nitrogen and oxygen atoms in total. The van der Waals surface area contributed by atoms with Crippen LogP contribution in [-0.4, -0.2) is 20.7 Å². The lowest BCUT2D eigenvalue weighted by Crippen LogP contribution is -2.30. The predicted molar refractivity (Wildman–Crippen MR) is 67.6 cm³/mol. The van der Waals surface area contributed by atoms with Crippen molar-refractivity contribution < 1.29 is 13.6 Å². The Kier molecular flexibility index (Phi) is 4.07. The summed E-state index contributed by atoms with van der Waals surface area (Å²) in [6, 6.07) is 2.79. The Bertz CT molecular complexity index is 627. The Morgan fingerprint density at radius 2 is 2.20 bits per heavy atom. The first kappa shape index (κ1) is 14.1. The molecular formula is C13H14F2N4O. The van der Waals surface area contributed by atoms with E-state index < -0.39 is 11.6 Å². The molecule has 0 aliphatic heterocycles. The Morgan fingerprint density at radius 1 is 1.45 bits per heavy atom. The van der Waals surface area contributed by atoms with Gasteiger partial charge in [0.2, 0.25) is 5.91 Å². The van der Waals surface area contributed by atoms with Gasteiger partial charge in [0.05, 0.1) is 12.5 Å². The molecule has 0 aliphatic carbocycles. The zero-order chi connectivity index (χ0) is 14.7. The molecule has 7 heteroatoms. The predicted octanol–water partition coefficient (Wildman–Crippen LogP) is 1.51. The molecule has 0 aliphatic rings. The number of amides is 1. The summed E-state index contributed by atoms with van der Waals surface area (Å²) < 4.78 is 27.9. The van der Waals surface area contributed by atoms with Crippen molar-refractivity contribution in [3.8, 4) is 0 Å². The fourth-order valence-electron chi connectivity index (χ4n) is 1.88. The van der Waals surface area contributed by atoms with Crippen LogP contribution in [0.2, 0.25) is 0 Å². The van der Waals surface area contributed by atoms with Gasteiger partial charge in [-0.2, -0.15) is 0 Å². The molecule has 0 bridgehead atoms. The largest absolute Gasteiger partial charge is 0.346 e. The van der Waals surface area contributed by atoms with E-state index in [0.717, 1.165) is 12.1 Å². The zero-order valence-corrected chi connectivity index (χ0v) is 11.1. The van der Waals surface area contributed by atoms with Crippen molar-refractivity contribution in [1.29, 1.82) is 0 Å². The van der Waals surface area contributed by atoms with Gasteiger partial charge in [0.15, 0.2) is 5.82 Å². The van der Waals surface area contributed by atoms with Gasteiger partial charge in [0.1, 0.15) is 18.0 Å². The van der Waals surface area contributed by atoms with Crippen LogP contribution in [0.25, 0.3) is 0 Å². The van der Waals surface area contributed by atoms with Crippen LogP contribution in [0.4, 0.5) is 8.78 Å². The fraction of sp³-hybridized carbons (Fsp3) is 0.308. The number of halogens is 2. The number of benzene rings is 1. The maximum absolute atomic E-state index is 13.4. The van der Waals surface area contributed by atoms with Crippen LogP contribution >= 0.6 is 0 Å². The van der Waals surface area contributed by atoms with E-state index in [1.54, 1.807) is 18.5 Å². The Morgan fingerprint density at radius 3 is 2.80 bits per heavy atom. The number of rotatable bonds is 4. The van der Waals surface area contributed by atoms with E-state index >= 15 is 0 Å². The molecule has 0 saturated heterocycles. The second-order valence-electron chi connectivity index (χ2n) is 4.50. The SMILES string of the molecule is C[C@@H](NC(=O)Cc1ccc(F)cc1F)c1nncn1C. The highest BCUT2D eigenvalue weighted by Crippen LogP contribution is 2.12. The minimum absolute atomic E-state index is 0.147. The smallest absolute Gasteiger partial charge is 0.225 e. The van der Waals surface area contributed by atoms with Gasteiger partial charge in [-0.3, -0.25) is 4.79 Å². The van der Waals surface area contributed by atoms with E-state index in [2.05, 4.69) is 15.5 Å². The second kappa shape index (κ2) is 5.77. The van der Waals surface area contributed by atoms with Crippen molar-refractivity contribution in [2.75, 3.05) is 0 Å². The van der Waals surface area contributed by atoms with E-state index in [4.69, 9.17) is 0 Å². The number of carbonyl (C=O) groups excluding carboxylic acids is 1. The normalized spacial score (nSPS) is 12.2. The van der Waals surface area contributed by atoms with Gasteiger partial charge in [-0.15, -0.1) is 10.2 Å². The first-order valence-electron chi connectivity index (χ1n) is 6.04. The number of carbonyl (C=O) groups is 1.